The van der Waals surface area contributed by atoms with Gasteiger partial charge in [0.05, 0.1) is 6.61 Å². The number of allylic oxidation sites excluding steroid dienone is 1. The molecule has 0 radical (unpaired) electrons. The Morgan fingerprint density at radius 1 is 1.27 bits per heavy atom. The lowest BCUT2D eigenvalue weighted by atomic mass is 9.90. The lowest BCUT2D eigenvalue weighted by Crippen LogP contribution is -2.34. The Labute approximate surface area is 89.9 Å². The molecule has 1 unspecified atom stereocenters. The summed E-state index contributed by atoms with van der Waals surface area (Å²) < 4.78 is 5.64. The predicted molar refractivity (Wildman–Crippen MR) is 60.2 cm³/mol. The summed E-state index contributed by atoms with van der Waals surface area (Å²) in [5.74, 6) is 1.63. The molecule has 1 atom stereocenters. The SMILES string of the molecule is C(=C1CNC1)C1CCOc2ccccc21. The largest absolute Gasteiger partial charge is 0.493 e. The summed E-state index contributed by atoms with van der Waals surface area (Å²) in [5, 5.41) is 3.28. The molecule has 2 heterocycles. The van der Waals surface area contributed by atoms with Crippen molar-refractivity contribution in [1.29, 1.82) is 0 Å². The molecule has 2 heteroatoms. The van der Waals surface area contributed by atoms with E-state index in [1.54, 1.807) is 0 Å². The molecule has 0 bridgehead atoms. The maximum absolute atomic E-state index is 5.64. The molecule has 2 aliphatic rings. The van der Waals surface area contributed by atoms with Gasteiger partial charge in [-0.3, -0.25) is 0 Å². The minimum absolute atomic E-state index is 0.562. The van der Waals surface area contributed by atoms with Crippen LogP contribution in [-0.2, 0) is 0 Å². The molecule has 0 aromatic heterocycles. The Bertz CT molecular complexity index is 391. The van der Waals surface area contributed by atoms with Crippen molar-refractivity contribution in [2.45, 2.75) is 12.3 Å². The summed E-state index contributed by atoms with van der Waals surface area (Å²) in [6.45, 7) is 2.98. The Morgan fingerprint density at radius 2 is 2.13 bits per heavy atom. The minimum Gasteiger partial charge on any atom is -0.493 e. The molecular weight excluding hydrogens is 186 g/mol. The van der Waals surface area contributed by atoms with E-state index in [9.17, 15) is 0 Å². The quantitative estimate of drug-likeness (QED) is 0.702. The highest BCUT2D eigenvalue weighted by molar-refractivity contribution is 5.41. The molecule has 2 aliphatic heterocycles. The van der Waals surface area contributed by atoms with Gasteiger partial charge in [0.2, 0.25) is 0 Å². The van der Waals surface area contributed by atoms with Crippen molar-refractivity contribution in [3.63, 3.8) is 0 Å². The molecule has 0 aliphatic carbocycles. The van der Waals surface area contributed by atoms with Crippen LogP contribution in [0.25, 0.3) is 0 Å². The zero-order valence-corrected chi connectivity index (χ0v) is 8.70. The van der Waals surface area contributed by atoms with Gasteiger partial charge >= 0.3 is 0 Å². The fourth-order valence-electron chi connectivity index (χ4n) is 2.21. The molecular formula is C13H15NO. The molecule has 0 saturated carbocycles. The van der Waals surface area contributed by atoms with Crippen LogP contribution < -0.4 is 10.1 Å². The summed E-state index contributed by atoms with van der Waals surface area (Å²) in [7, 11) is 0. The van der Waals surface area contributed by atoms with Crippen molar-refractivity contribution < 1.29 is 4.74 Å². The molecule has 1 fully saturated rings. The highest BCUT2D eigenvalue weighted by atomic mass is 16.5. The number of para-hydroxylation sites is 1. The summed E-state index contributed by atoms with van der Waals surface area (Å²) in [6.07, 6.45) is 3.53. The third kappa shape index (κ3) is 1.65. The molecule has 0 spiro atoms. The first-order valence-electron chi connectivity index (χ1n) is 5.55. The Hall–Kier alpha value is -1.28. The van der Waals surface area contributed by atoms with Crippen LogP contribution in [0.1, 0.15) is 17.9 Å². The van der Waals surface area contributed by atoms with Gasteiger partial charge in [-0.05, 0) is 18.1 Å². The monoisotopic (exact) mass is 201 g/mol. The van der Waals surface area contributed by atoms with E-state index in [1.807, 2.05) is 6.07 Å². The van der Waals surface area contributed by atoms with Crippen LogP contribution >= 0.6 is 0 Å². The number of benzene rings is 1. The van der Waals surface area contributed by atoms with E-state index in [1.165, 1.54) is 11.1 Å². The zero-order chi connectivity index (χ0) is 10.1. The van der Waals surface area contributed by atoms with Crippen molar-refractivity contribution >= 4 is 0 Å². The van der Waals surface area contributed by atoms with E-state index in [0.717, 1.165) is 31.9 Å². The average Bonchev–Trinajstić information content (AvgIpc) is 2.23. The Balaban J connectivity index is 1.91. The molecule has 1 aromatic rings. The Kier molecular flexibility index (Phi) is 2.22. The molecule has 1 N–H and O–H groups in total. The van der Waals surface area contributed by atoms with Crippen LogP contribution in [0.5, 0.6) is 5.75 Å². The van der Waals surface area contributed by atoms with E-state index in [4.69, 9.17) is 4.74 Å². The van der Waals surface area contributed by atoms with Crippen LogP contribution in [0.4, 0.5) is 0 Å². The van der Waals surface area contributed by atoms with E-state index >= 15 is 0 Å². The van der Waals surface area contributed by atoms with Gasteiger partial charge in [-0.25, -0.2) is 0 Å². The van der Waals surface area contributed by atoms with Crippen LogP contribution in [0, 0.1) is 0 Å². The lowest BCUT2D eigenvalue weighted by Gasteiger charge is -2.27. The van der Waals surface area contributed by atoms with Gasteiger partial charge in [0.1, 0.15) is 5.75 Å². The van der Waals surface area contributed by atoms with Gasteiger partial charge in [0, 0.05) is 24.6 Å². The normalized spacial score (nSPS) is 23.7. The number of ether oxygens (including phenoxy) is 1. The molecule has 2 nitrogen and oxygen atoms in total. The first-order chi connectivity index (χ1) is 7.43. The second-order valence-electron chi connectivity index (χ2n) is 4.21. The van der Waals surface area contributed by atoms with Crippen molar-refractivity contribution in [2.24, 2.45) is 0 Å². The molecule has 1 saturated heterocycles. The summed E-state index contributed by atoms with van der Waals surface area (Å²) >= 11 is 0. The standard InChI is InChI=1S/C13H15NO/c1-2-4-13-12(3-1)11(5-6-15-13)7-10-8-14-9-10/h1-4,7,11,14H,5-6,8-9H2. The van der Waals surface area contributed by atoms with Crippen LogP contribution in [0.15, 0.2) is 35.9 Å². The van der Waals surface area contributed by atoms with E-state index < -0.39 is 0 Å². The van der Waals surface area contributed by atoms with Gasteiger partial charge < -0.3 is 10.1 Å². The topological polar surface area (TPSA) is 21.3 Å². The number of hydrogen-bond donors (Lipinski definition) is 1. The van der Waals surface area contributed by atoms with Crippen molar-refractivity contribution in [2.75, 3.05) is 19.7 Å². The zero-order valence-electron chi connectivity index (χ0n) is 8.70. The van der Waals surface area contributed by atoms with E-state index in [2.05, 4.69) is 29.6 Å². The van der Waals surface area contributed by atoms with Crippen LogP contribution in [0.3, 0.4) is 0 Å². The summed E-state index contributed by atoms with van der Waals surface area (Å²) in [4.78, 5) is 0. The van der Waals surface area contributed by atoms with Crippen LogP contribution in [0.2, 0.25) is 0 Å². The fraction of sp³-hybridized carbons (Fsp3) is 0.385. The number of fused-ring (bicyclic) bond motifs is 1. The summed E-state index contributed by atoms with van der Waals surface area (Å²) in [6, 6.07) is 8.39. The molecule has 15 heavy (non-hydrogen) atoms. The first-order valence-corrected chi connectivity index (χ1v) is 5.55. The number of nitrogens with one attached hydrogen (secondary N) is 1. The van der Waals surface area contributed by atoms with Crippen molar-refractivity contribution in [3.05, 3.63) is 41.5 Å². The molecule has 0 amide bonds. The number of hydrogen-bond acceptors (Lipinski definition) is 2. The van der Waals surface area contributed by atoms with Gasteiger partial charge in [-0.15, -0.1) is 0 Å². The van der Waals surface area contributed by atoms with Gasteiger partial charge in [0.25, 0.3) is 0 Å². The predicted octanol–water partition coefficient (Wildman–Crippen LogP) is 2.08. The van der Waals surface area contributed by atoms with Gasteiger partial charge in [-0.1, -0.05) is 24.3 Å². The fourth-order valence-corrected chi connectivity index (χ4v) is 2.21. The lowest BCUT2D eigenvalue weighted by molar-refractivity contribution is 0.278. The molecule has 1 aromatic carbocycles. The smallest absolute Gasteiger partial charge is 0.123 e. The third-order valence-electron chi connectivity index (χ3n) is 3.15. The highest BCUT2D eigenvalue weighted by Gasteiger charge is 2.20. The van der Waals surface area contributed by atoms with E-state index in [-0.39, 0.29) is 0 Å². The maximum atomic E-state index is 5.64. The number of rotatable bonds is 1. The summed E-state index contributed by atoms with van der Waals surface area (Å²) in [5.41, 5.74) is 2.89. The maximum Gasteiger partial charge on any atom is 0.123 e. The van der Waals surface area contributed by atoms with Crippen LogP contribution in [-0.4, -0.2) is 19.7 Å². The molecule has 3 rings (SSSR count). The van der Waals surface area contributed by atoms with Crippen molar-refractivity contribution in [3.8, 4) is 5.75 Å². The second kappa shape index (κ2) is 3.70. The average molecular weight is 201 g/mol. The first kappa shape index (κ1) is 8.98. The van der Waals surface area contributed by atoms with Crippen molar-refractivity contribution in [1.82, 2.24) is 5.32 Å². The Morgan fingerprint density at radius 3 is 2.93 bits per heavy atom. The third-order valence-corrected chi connectivity index (χ3v) is 3.15. The molecule has 78 valence electrons. The highest BCUT2D eigenvalue weighted by Crippen LogP contribution is 2.34. The van der Waals surface area contributed by atoms with Gasteiger partial charge in [0.15, 0.2) is 0 Å². The van der Waals surface area contributed by atoms with E-state index in [0.29, 0.717) is 5.92 Å². The second-order valence-corrected chi connectivity index (χ2v) is 4.21. The van der Waals surface area contributed by atoms with Gasteiger partial charge in [-0.2, -0.15) is 0 Å². The minimum atomic E-state index is 0.562.